The first-order valence-corrected chi connectivity index (χ1v) is 12.3. The standard InChI is InChI=1S/C27H36Cl2N2O3/c1-8-22(25(33)30-27(5,6)7)31(16-18-20(28)13-11-14-21(18)29)24(32)17-34-23-15-10-9-12-19(23)26(2,3)4/h9-15,22H,8,16-17H2,1-7H3,(H,30,33)/t22-/m0/s1. The van der Waals surface area contributed by atoms with Crippen molar-refractivity contribution in [1.82, 2.24) is 10.2 Å². The molecular formula is C27H36Cl2N2O3. The summed E-state index contributed by atoms with van der Waals surface area (Å²) in [7, 11) is 0. The van der Waals surface area contributed by atoms with Crippen LogP contribution < -0.4 is 10.1 Å². The number of hydrogen-bond acceptors (Lipinski definition) is 3. The molecule has 5 nitrogen and oxygen atoms in total. The molecule has 0 aliphatic heterocycles. The molecule has 0 fully saturated rings. The minimum Gasteiger partial charge on any atom is -0.483 e. The van der Waals surface area contributed by atoms with E-state index in [0.717, 1.165) is 5.56 Å². The van der Waals surface area contributed by atoms with E-state index < -0.39 is 11.6 Å². The van der Waals surface area contributed by atoms with E-state index in [9.17, 15) is 9.59 Å². The van der Waals surface area contributed by atoms with Crippen molar-refractivity contribution < 1.29 is 14.3 Å². The van der Waals surface area contributed by atoms with Crippen molar-refractivity contribution in [3.63, 3.8) is 0 Å². The van der Waals surface area contributed by atoms with Gasteiger partial charge in [0.25, 0.3) is 5.91 Å². The Kier molecular flexibility index (Phi) is 9.44. The van der Waals surface area contributed by atoms with Gasteiger partial charge in [-0.25, -0.2) is 0 Å². The zero-order valence-corrected chi connectivity index (χ0v) is 22.7. The monoisotopic (exact) mass is 506 g/mol. The van der Waals surface area contributed by atoms with E-state index in [2.05, 4.69) is 26.1 Å². The zero-order chi connectivity index (χ0) is 25.7. The first kappa shape index (κ1) is 28.0. The van der Waals surface area contributed by atoms with Gasteiger partial charge in [-0.15, -0.1) is 0 Å². The maximum atomic E-state index is 13.5. The molecule has 1 atom stereocenters. The molecule has 0 radical (unpaired) electrons. The Morgan fingerprint density at radius 1 is 0.971 bits per heavy atom. The van der Waals surface area contributed by atoms with Crippen molar-refractivity contribution in [2.75, 3.05) is 6.61 Å². The Balaban J connectivity index is 2.37. The molecule has 1 N–H and O–H groups in total. The SMILES string of the molecule is CC[C@@H](C(=O)NC(C)(C)C)N(Cc1c(Cl)cccc1Cl)C(=O)COc1ccccc1C(C)(C)C. The minimum absolute atomic E-state index is 0.0949. The molecule has 0 bridgehead atoms. The summed E-state index contributed by atoms with van der Waals surface area (Å²) in [4.78, 5) is 28.2. The van der Waals surface area contributed by atoms with Crippen LogP contribution in [-0.2, 0) is 21.5 Å². The topological polar surface area (TPSA) is 58.6 Å². The van der Waals surface area contributed by atoms with Crippen molar-refractivity contribution in [2.24, 2.45) is 0 Å². The Bertz CT molecular complexity index is 989. The molecule has 0 aliphatic rings. The molecule has 2 rings (SSSR count). The highest BCUT2D eigenvalue weighted by molar-refractivity contribution is 6.36. The Morgan fingerprint density at radius 3 is 2.09 bits per heavy atom. The molecule has 7 heteroatoms. The third-order valence-corrected chi connectivity index (χ3v) is 6.03. The summed E-state index contributed by atoms with van der Waals surface area (Å²) in [6.45, 7) is 13.7. The van der Waals surface area contributed by atoms with Crippen molar-refractivity contribution in [2.45, 2.75) is 78.4 Å². The Hall–Kier alpha value is -2.24. The predicted molar refractivity (Wildman–Crippen MR) is 140 cm³/mol. The number of halogens is 2. The lowest BCUT2D eigenvalue weighted by Crippen LogP contribution is -2.54. The number of hydrogen-bond donors (Lipinski definition) is 1. The van der Waals surface area contributed by atoms with E-state index in [4.69, 9.17) is 27.9 Å². The Labute approximate surface area is 213 Å². The number of amides is 2. The third kappa shape index (κ3) is 7.64. The summed E-state index contributed by atoms with van der Waals surface area (Å²) in [5, 5.41) is 3.86. The molecule has 0 aliphatic carbocycles. The van der Waals surface area contributed by atoms with Crippen LogP contribution in [0, 0.1) is 0 Å². The van der Waals surface area contributed by atoms with E-state index in [1.165, 1.54) is 4.90 Å². The number of carbonyl (C=O) groups is 2. The van der Waals surface area contributed by atoms with Crippen molar-refractivity contribution in [3.05, 3.63) is 63.6 Å². The van der Waals surface area contributed by atoms with Gasteiger partial charge in [0.2, 0.25) is 5.91 Å². The molecule has 0 unspecified atom stereocenters. The van der Waals surface area contributed by atoms with Crippen LogP contribution in [-0.4, -0.2) is 34.9 Å². The first-order valence-electron chi connectivity index (χ1n) is 11.5. The fourth-order valence-electron chi connectivity index (χ4n) is 3.66. The van der Waals surface area contributed by atoms with E-state index in [-0.39, 0.29) is 30.4 Å². The van der Waals surface area contributed by atoms with Crippen LogP contribution in [0.1, 0.15) is 66.0 Å². The van der Waals surface area contributed by atoms with Crippen LogP contribution in [0.5, 0.6) is 5.75 Å². The van der Waals surface area contributed by atoms with Gasteiger partial charge in [0.05, 0.1) is 0 Å². The van der Waals surface area contributed by atoms with Crippen molar-refractivity contribution in [3.8, 4) is 5.75 Å². The molecule has 186 valence electrons. The zero-order valence-electron chi connectivity index (χ0n) is 21.2. The highest BCUT2D eigenvalue weighted by atomic mass is 35.5. The number of benzene rings is 2. The van der Waals surface area contributed by atoms with Crippen LogP contribution in [0.15, 0.2) is 42.5 Å². The van der Waals surface area contributed by atoms with Gasteiger partial charge >= 0.3 is 0 Å². The van der Waals surface area contributed by atoms with E-state index in [1.807, 2.05) is 52.0 Å². The van der Waals surface area contributed by atoms with E-state index in [1.54, 1.807) is 18.2 Å². The van der Waals surface area contributed by atoms with Gasteiger partial charge in [-0.1, -0.05) is 75.2 Å². The van der Waals surface area contributed by atoms with Crippen LogP contribution in [0.2, 0.25) is 10.0 Å². The van der Waals surface area contributed by atoms with Crippen LogP contribution in [0.4, 0.5) is 0 Å². The molecule has 0 heterocycles. The molecule has 0 saturated heterocycles. The minimum atomic E-state index is -0.708. The lowest BCUT2D eigenvalue weighted by molar-refractivity contribution is -0.143. The fraction of sp³-hybridized carbons (Fsp3) is 0.481. The van der Waals surface area contributed by atoms with E-state index in [0.29, 0.717) is 27.8 Å². The third-order valence-electron chi connectivity index (χ3n) is 5.32. The lowest BCUT2D eigenvalue weighted by Gasteiger charge is -2.33. The summed E-state index contributed by atoms with van der Waals surface area (Å²) in [6.07, 6.45) is 0.425. The average molecular weight is 508 g/mol. The predicted octanol–water partition coefficient (Wildman–Crippen LogP) is 6.39. The van der Waals surface area contributed by atoms with Gasteiger partial charge in [-0.3, -0.25) is 9.59 Å². The highest BCUT2D eigenvalue weighted by Gasteiger charge is 2.32. The number of para-hydroxylation sites is 1. The largest absolute Gasteiger partial charge is 0.483 e. The molecule has 0 spiro atoms. The van der Waals surface area contributed by atoms with Gasteiger partial charge < -0.3 is 15.0 Å². The second-order valence-electron chi connectivity index (χ2n) is 10.4. The van der Waals surface area contributed by atoms with Crippen molar-refractivity contribution >= 4 is 35.0 Å². The van der Waals surface area contributed by atoms with Crippen molar-refractivity contribution in [1.29, 1.82) is 0 Å². The summed E-state index contributed by atoms with van der Waals surface area (Å²) < 4.78 is 5.99. The molecule has 2 amide bonds. The van der Waals surface area contributed by atoms with Crippen LogP contribution >= 0.6 is 23.2 Å². The molecule has 2 aromatic rings. The number of carbonyl (C=O) groups excluding carboxylic acids is 2. The van der Waals surface area contributed by atoms with Gasteiger partial charge in [0, 0.05) is 27.7 Å². The number of nitrogens with one attached hydrogen (secondary N) is 1. The fourth-order valence-corrected chi connectivity index (χ4v) is 4.18. The number of rotatable bonds is 8. The van der Waals surface area contributed by atoms with Gasteiger partial charge in [-0.05, 0) is 56.4 Å². The second-order valence-corrected chi connectivity index (χ2v) is 11.2. The maximum absolute atomic E-state index is 13.5. The molecule has 0 aromatic heterocycles. The van der Waals surface area contributed by atoms with Gasteiger partial charge in [-0.2, -0.15) is 0 Å². The summed E-state index contributed by atoms with van der Waals surface area (Å²) in [5.74, 6) is 0.0866. The first-order chi connectivity index (χ1) is 15.7. The quantitative estimate of drug-likeness (QED) is 0.450. The summed E-state index contributed by atoms with van der Waals surface area (Å²) >= 11 is 12.8. The molecule has 34 heavy (non-hydrogen) atoms. The lowest BCUT2D eigenvalue weighted by atomic mass is 9.86. The molecule has 2 aromatic carbocycles. The van der Waals surface area contributed by atoms with E-state index >= 15 is 0 Å². The maximum Gasteiger partial charge on any atom is 0.261 e. The highest BCUT2D eigenvalue weighted by Crippen LogP contribution is 2.31. The Morgan fingerprint density at radius 2 is 1.56 bits per heavy atom. The van der Waals surface area contributed by atoms with Crippen LogP contribution in [0.25, 0.3) is 0 Å². The number of ether oxygens (including phenoxy) is 1. The van der Waals surface area contributed by atoms with Gasteiger partial charge in [0.1, 0.15) is 11.8 Å². The second kappa shape index (κ2) is 11.5. The molecule has 0 saturated carbocycles. The average Bonchev–Trinajstić information content (AvgIpc) is 2.72. The summed E-state index contributed by atoms with van der Waals surface area (Å²) in [5.41, 5.74) is 1.00. The number of nitrogens with zero attached hydrogens (tertiary/aromatic N) is 1. The normalized spacial score (nSPS) is 12.7. The molecular weight excluding hydrogens is 471 g/mol. The van der Waals surface area contributed by atoms with Gasteiger partial charge in [0.15, 0.2) is 6.61 Å². The smallest absolute Gasteiger partial charge is 0.261 e. The van der Waals surface area contributed by atoms with Crippen LogP contribution in [0.3, 0.4) is 0 Å². The summed E-state index contributed by atoms with van der Waals surface area (Å²) in [6, 6.07) is 12.2.